The van der Waals surface area contributed by atoms with E-state index in [4.69, 9.17) is 37.9 Å². The lowest BCUT2D eigenvalue weighted by Gasteiger charge is -2.24. The minimum atomic E-state index is -1.16. The van der Waals surface area contributed by atoms with Gasteiger partial charge in [0.05, 0.1) is 23.7 Å². The quantitative estimate of drug-likeness (QED) is 0.0788. The topological polar surface area (TPSA) is 234 Å². The van der Waals surface area contributed by atoms with Gasteiger partial charge in [-0.15, -0.1) is 0 Å². The SMILES string of the molecule is CC(COC(=O)OCC(C)OC(=O)C(C)C(CC(C)c1ccccc1)C(=O)O)OC(=O)OCC(C)OC(=O)OCC(C)OC(=O)C(C)C(CC(C)c1ccccc1)C(=O)O. The van der Waals surface area contributed by atoms with Crippen LogP contribution in [0.15, 0.2) is 60.7 Å². The van der Waals surface area contributed by atoms with Crippen molar-refractivity contribution in [2.75, 3.05) is 26.4 Å². The maximum absolute atomic E-state index is 12.8. The zero-order valence-electron chi connectivity index (χ0n) is 35.3. The highest BCUT2D eigenvalue weighted by Crippen LogP contribution is 2.30. The van der Waals surface area contributed by atoms with E-state index in [1.54, 1.807) is 0 Å². The number of carbonyl (C=O) groups is 7. The number of carboxylic acids is 2. The summed E-state index contributed by atoms with van der Waals surface area (Å²) in [7, 11) is 0. The van der Waals surface area contributed by atoms with Crippen LogP contribution >= 0.6 is 0 Å². The molecule has 10 atom stereocenters. The van der Waals surface area contributed by atoms with Crippen LogP contribution in [0.25, 0.3) is 0 Å². The predicted octanol–water partition coefficient (Wildman–Crippen LogP) is 7.15. The molecular formula is C43H58O17. The normalized spacial score (nSPS) is 16.0. The molecule has 332 valence electrons. The highest BCUT2D eigenvalue weighted by atomic mass is 16.8. The van der Waals surface area contributed by atoms with Gasteiger partial charge in [0.25, 0.3) is 0 Å². The summed E-state index contributed by atoms with van der Waals surface area (Å²) in [5, 5.41) is 19.6. The number of hydrogen-bond donors (Lipinski definition) is 2. The van der Waals surface area contributed by atoms with Gasteiger partial charge in [-0.2, -0.15) is 0 Å². The molecule has 2 N–H and O–H groups in total. The highest BCUT2D eigenvalue weighted by molar-refractivity contribution is 5.81. The fraction of sp³-hybridized carbons (Fsp3) is 0.558. The van der Waals surface area contributed by atoms with Crippen LogP contribution in [0, 0.1) is 23.7 Å². The Labute approximate surface area is 349 Å². The molecule has 0 spiro atoms. The van der Waals surface area contributed by atoms with Crippen molar-refractivity contribution in [2.24, 2.45) is 23.7 Å². The average molecular weight is 847 g/mol. The van der Waals surface area contributed by atoms with E-state index in [1.807, 2.05) is 74.5 Å². The van der Waals surface area contributed by atoms with E-state index < -0.39 is 117 Å². The molecule has 17 nitrogen and oxygen atoms in total. The van der Waals surface area contributed by atoms with Crippen molar-refractivity contribution < 1.29 is 81.7 Å². The smallest absolute Gasteiger partial charge is 0.481 e. The van der Waals surface area contributed by atoms with Crippen LogP contribution in [-0.4, -0.2) is 103 Å². The Kier molecular flexibility index (Phi) is 21.4. The molecule has 0 aromatic heterocycles. The molecule has 17 heteroatoms. The van der Waals surface area contributed by atoms with Gasteiger partial charge in [0.15, 0.2) is 0 Å². The Balaban J connectivity index is 1.64. The standard InChI is InChI=1S/C43H58O17/c1-25(33-15-11-9-12-16-33)19-35(37(44)45)31(7)39(48)57-27(3)21-53-41(50)54-23-29(5)59-43(52)56-24-30(6)60-42(51)55-22-28(4)58-40(49)32(8)36(38(46)47)20-26(2)34-17-13-10-14-18-34/h9-18,25-32,35-36H,19-24H2,1-8H3,(H,44,45)(H,46,47). The fourth-order valence-electron chi connectivity index (χ4n) is 5.89. The second-order valence-electron chi connectivity index (χ2n) is 14.9. The maximum atomic E-state index is 12.8. The molecule has 60 heavy (non-hydrogen) atoms. The maximum Gasteiger partial charge on any atom is 0.508 e. The van der Waals surface area contributed by atoms with Crippen LogP contribution in [0.4, 0.5) is 14.4 Å². The molecule has 0 radical (unpaired) electrons. The lowest BCUT2D eigenvalue weighted by Crippen LogP contribution is -2.33. The third-order valence-electron chi connectivity index (χ3n) is 9.51. The summed E-state index contributed by atoms with van der Waals surface area (Å²) in [5.41, 5.74) is 1.89. The Morgan fingerprint density at radius 2 is 0.717 bits per heavy atom. The van der Waals surface area contributed by atoms with E-state index in [1.165, 1.54) is 41.5 Å². The summed E-state index contributed by atoms with van der Waals surface area (Å²) in [6.45, 7) is 10.8. The zero-order chi connectivity index (χ0) is 44.9. The van der Waals surface area contributed by atoms with Crippen LogP contribution in [0.5, 0.6) is 0 Å². The molecule has 2 rings (SSSR count). The van der Waals surface area contributed by atoms with Crippen molar-refractivity contribution in [3.05, 3.63) is 71.8 Å². The molecule has 10 unspecified atom stereocenters. The van der Waals surface area contributed by atoms with Crippen molar-refractivity contribution >= 4 is 42.3 Å². The lowest BCUT2D eigenvalue weighted by atomic mass is 9.83. The Morgan fingerprint density at radius 3 is 1.02 bits per heavy atom. The van der Waals surface area contributed by atoms with Crippen LogP contribution in [-0.2, 0) is 57.1 Å². The first-order valence-electron chi connectivity index (χ1n) is 19.7. The third kappa shape index (κ3) is 18.4. The molecule has 0 saturated carbocycles. The molecule has 0 aliphatic heterocycles. The van der Waals surface area contributed by atoms with Crippen molar-refractivity contribution in [1.82, 2.24) is 0 Å². The van der Waals surface area contributed by atoms with Crippen molar-refractivity contribution in [1.29, 1.82) is 0 Å². The third-order valence-corrected chi connectivity index (χ3v) is 9.51. The van der Waals surface area contributed by atoms with Crippen LogP contribution in [0.1, 0.15) is 91.2 Å². The van der Waals surface area contributed by atoms with E-state index in [9.17, 15) is 43.8 Å². The van der Waals surface area contributed by atoms with Crippen molar-refractivity contribution in [2.45, 2.75) is 104 Å². The van der Waals surface area contributed by atoms with Gasteiger partial charge in [-0.05, 0) is 63.5 Å². The number of hydrogen-bond acceptors (Lipinski definition) is 15. The monoisotopic (exact) mass is 846 g/mol. The molecule has 0 heterocycles. The summed E-state index contributed by atoms with van der Waals surface area (Å²) < 4.78 is 40.5. The van der Waals surface area contributed by atoms with E-state index >= 15 is 0 Å². The Bertz CT molecular complexity index is 1680. The summed E-state index contributed by atoms with van der Waals surface area (Å²) in [6, 6.07) is 18.7. The second kappa shape index (κ2) is 25.6. The van der Waals surface area contributed by atoms with Crippen molar-refractivity contribution in [3.8, 4) is 0 Å². The first kappa shape index (κ1) is 50.3. The van der Waals surface area contributed by atoms with Gasteiger partial charge in [-0.1, -0.05) is 88.4 Å². The lowest BCUT2D eigenvalue weighted by molar-refractivity contribution is -0.162. The highest BCUT2D eigenvalue weighted by Gasteiger charge is 2.35. The summed E-state index contributed by atoms with van der Waals surface area (Å²) in [5.74, 6) is -8.02. The first-order chi connectivity index (χ1) is 28.3. The first-order valence-corrected chi connectivity index (χ1v) is 19.7. The fourth-order valence-corrected chi connectivity index (χ4v) is 5.89. The van der Waals surface area contributed by atoms with Gasteiger partial charge in [0.2, 0.25) is 0 Å². The molecular weight excluding hydrogens is 788 g/mol. The summed E-state index contributed by atoms with van der Waals surface area (Å²) in [4.78, 5) is 85.9. The van der Waals surface area contributed by atoms with Crippen LogP contribution in [0.2, 0.25) is 0 Å². The Morgan fingerprint density at radius 1 is 0.433 bits per heavy atom. The van der Waals surface area contributed by atoms with E-state index in [-0.39, 0.29) is 24.7 Å². The van der Waals surface area contributed by atoms with Crippen LogP contribution in [0.3, 0.4) is 0 Å². The van der Waals surface area contributed by atoms with Gasteiger partial charge in [0, 0.05) is 0 Å². The number of aliphatic carboxylic acids is 2. The van der Waals surface area contributed by atoms with Gasteiger partial charge >= 0.3 is 42.3 Å². The number of rotatable bonds is 24. The van der Waals surface area contributed by atoms with E-state index in [2.05, 4.69) is 0 Å². The molecule has 0 saturated heterocycles. The second-order valence-corrected chi connectivity index (χ2v) is 14.9. The Hall–Kier alpha value is -5.87. The zero-order valence-corrected chi connectivity index (χ0v) is 35.3. The van der Waals surface area contributed by atoms with Crippen LogP contribution < -0.4 is 0 Å². The minimum Gasteiger partial charge on any atom is -0.481 e. The predicted molar refractivity (Wildman–Crippen MR) is 212 cm³/mol. The van der Waals surface area contributed by atoms with Gasteiger partial charge < -0.3 is 48.1 Å². The van der Waals surface area contributed by atoms with Gasteiger partial charge in [0.1, 0.15) is 50.8 Å². The molecule has 2 aromatic carbocycles. The van der Waals surface area contributed by atoms with E-state index in [0.717, 1.165) is 11.1 Å². The molecule has 0 bridgehead atoms. The molecule has 0 aliphatic rings. The van der Waals surface area contributed by atoms with Gasteiger partial charge in [-0.3, -0.25) is 19.2 Å². The molecule has 0 fully saturated rings. The number of ether oxygens (including phenoxy) is 8. The minimum absolute atomic E-state index is 0.123. The number of benzene rings is 2. The van der Waals surface area contributed by atoms with Crippen molar-refractivity contribution in [3.63, 3.8) is 0 Å². The molecule has 0 aliphatic carbocycles. The number of carboxylic acid groups (broad SMARTS) is 2. The average Bonchev–Trinajstić information content (AvgIpc) is 3.21. The van der Waals surface area contributed by atoms with E-state index in [0.29, 0.717) is 0 Å². The number of carbonyl (C=O) groups excluding carboxylic acids is 5. The number of esters is 2. The molecule has 2 aromatic rings. The van der Waals surface area contributed by atoms with Gasteiger partial charge in [-0.25, -0.2) is 14.4 Å². The largest absolute Gasteiger partial charge is 0.508 e. The summed E-state index contributed by atoms with van der Waals surface area (Å²) >= 11 is 0. The summed E-state index contributed by atoms with van der Waals surface area (Å²) in [6.07, 6.45) is -6.87. The molecule has 0 amide bonds.